The van der Waals surface area contributed by atoms with Crippen LogP contribution >= 0.6 is 0 Å². The van der Waals surface area contributed by atoms with Crippen LogP contribution in [0.1, 0.15) is 78.4 Å². The van der Waals surface area contributed by atoms with Crippen molar-refractivity contribution in [3.05, 3.63) is 35.9 Å². The summed E-state index contributed by atoms with van der Waals surface area (Å²) in [4.78, 5) is 17.7. The van der Waals surface area contributed by atoms with Gasteiger partial charge in [0.1, 0.15) is 0 Å². The normalized spacial score (nSPS) is 16.6. The molecule has 0 amide bonds. The van der Waals surface area contributed by atoms with Gasteiger partial charge in [-0.15, -0.1) is 0 Å². The smallest absolute Gasteiger partial charge is 0.222 e. The lowest BCUT2D eigenvalue weighted by atomic mass is 9.79. The quantitative estimate of drug-likeness (QED) is 0.521. The molecule has 1 aliphatic rings. The molecule has 2 aromatic rings. The highest BCUT2D eigenvalue weighted by Gasteiger charge is 2.28. The fraction of sp³-hybridized carbons (Fsp3) is 0.667. The van der Waals surface area contributed by atoms with Crippen LogP contribution < -0.4 is 10.6 Å². The molecule has 1 unspecified atom stereocenters. The van der Waals surface area contributed by atoms with Crippen molar-refractivity contribution < 1.29 is 5.11 Å². The van der Waals surface area contributed by atoms with Gasteiger partial charge in [-0.1, -0.05) is 34.6 Å². The maximum atomic E-state index is 10.9. The molecule has 0 aliphatic heterocycles. The summed E-state index contributed by atoms with van der Waals surface area (Å²) in [6.07, 6.45) is 11.5. The van der Waals surface area contributed by atoms with Crippen LogP contribution in [0.25, 0.3) is 0 Å². The standard InChI is InChI=1S/C24H38N6O/c1-22(2,3)18-12-26-21(27-13-18)30-16-24(6,31)10-9-23(4,5)19-14-28-20(29-15-19)25-11-17-7-8-17/h12-15,17,31H,7-11,16H2,1-6H3,(H,25,28,29)(H,26,27,30). The van der Waals surface area contributed by atoms with E-state index in [1.54, 1.807) is 0 Å². The Morgan fingerprint density at radius 3 is 1.84 bits per heavy atom. The van der Waals surface area contributed by atoms with Crippen LogP contribution in [0.2, 0.25) is 0 Å². The second-order valence-corrected chi connectivity index (χ2v) is 10.9. The summed E-state index contributed by atoms with van der Waals surface area (Å²) in [5.74, 6) is 2.02. The molecule has 7 nitrogen and oxygen atoms in total. The molecule has 0 bridgehead atoms. The first-order chi connectivity index (χ1) is 14.4. The monoisotopic (exact) mass is 426 g/mol. The molecule has 7 heteroatoms. The van der Waals surface area contributed by atoms with Crippen molar-refractivity contribution in [2.45, 2.75) is 83.7 Å². The molecule has 0 saturated heterocycles. The number of nitrogens with one attached hydrogen (secondary N) is 2. The van der Waals surface area contributed by atoms with E-state index in [2.05, 4.69) is 65.2 Å². The zero-order valence-corrected chi connectivity index (χ0v) is 19.9. The molecular formula is C24H38N6O. The van der Waals surface area contributed by atoms with Crippen LogP contribution in [0.15, 0.2) is 24.8 Å². The Bertz CT molecular complexity index is 836. The summed E-state index contributed by atoms with van der Waals surface area (Å²) in [6, 6.07) is 0. The second kappa shape index (κ2) is 9.07. The van der Waals surface area contributed by atoms with Crippen LogP contribution in [0, 0.1) is 5.92 Å². The van der Waals surface area contributed by atoms with Gasteiger partial charge in [-0.25, -0.2) is 19.9 Å². The summed E-state index contributed by atoms with van der Waals surface area (Å²) in [6.45, 7) is 13.9. The van der Waals surface area contributed by atoms with Gasteiger partial charge in [-0.3, -0.25) is 0 Å². The number of aliphatic hydroxyl groups is 1. The molecule has 31 heavy (non-hydrogen) atoms. The van der Waals surface area contributed by atoms with Crippen LogP contribution in [0.5, 0.6) is 0 Å². The fourth-order valence-corrected chi connectivity index (χ4v) is 3.22. The van der Waals surface area contributed by atoms with Crippen molar-refractivity contribution in [1.29, 1.82) is 0 Å². The molecule has 2 aromatic heterocycles. The molecular weight excluding hydrogens is 388 g/mol. The largest absolute Gasteiger partial charge is 0.388 e. The van der Waals surface area contributed by atoms with Gasteiger partial charge in [0.15, 0.2) is 0 Å². The predicted octanol–water partition coefficient (Wildman–Crippen LogP) is 4.31. The zero-order valence-electron chi connectivity index (χ0n) is 19.9. The van der Waals surface area contributed by atoms with Gasteiger partial charge >= 0.3 is 0 Å². The highest BCUT2D eigenvalue weighted by atomic mass is 16.3. The molecule has 170 valence electrons. The summed E-state index contributed by atoms with van der Waals surface area (Å²) < 4.78 is 0. The van der Waals surface area contributed by atoms with E-state index in [9.17, 15) is 5.11 Å². The summed E-state index contributed by atoms with van der Waals surface area (Å²) >= 11 is 0. The molecule has 1 fully saturated rings. The van der Waals surface area contributed by atoms with Crippen LogP contribution in [0.4, 0.5) is 11.9 Å². The SMILES string of the molecule is CC(O)(CCC(C)(C)c1cnc(NCC2CC2)nc1)CNc1ncc(C(C)(C)C)cn1. The topological polar surface area (TPSA) is 95.9 Å². The molecule has 2 heterocycles. The van der Waals surface area contributed by atoms with Crippen LogP contribution in [0.3, 0.4) is 0 Å². The predicted molar refractivity (Wildman–Crippen MR) is 125 cm³/mol. The van der Waals surface area contributed by atoms with E-state index in [-0.39, 0.29) is 10.8 Å². The van der Waals surface area contributed by atoms with Crippen molar-refractivity contribution >= 4 is 11.9 Å². The minimum Gasteiger partial charge on any atom is -0.388 e. The first-order valence-corrected chi connectivity index (χ1v) is 11.3. The second-order valence-electron chi connectivity index (χ2n) is 10.9. The van der Waals surface area contributed by atoms with Crippen molar-refractivity contribution in [2.75, 3.05) is 23.7 Å². The van der Waals surface area contributed by atoms with E-state index in [4.69, 9.17) is 0 Å². The van der Waals surface area contributed by atoms with E-state index >= 15 is 0 Å². The number of aromatic nitrogens is 4. The summed E-state index contributed by atoms with van der Waals surface area (Å²) in [5, 5.41) is 17.4. The molecule has 0 radical (unpaired) electrons. The Hall–Kier alpha value is -2.28. The third-order valence-corrected chi connectivity index (χ3v) is 6.11. The third kappa shape index (κ3) is 7.13. The fourth-order valence-electron chi connectivity index (χ4n) is 3.22. The lowest BCUT2D eigenvalue weighted by molar-refractivity contribution is 0.0561. The minimum atomic E-state index is -0.879. The Balaban J connectivity index is 1.49. The van der Waals surface area contributed by atoms with Gasteiger partial charge in [0.2, 0.25) is 11.9 Å². The van der Waals surface area contributed by atoms with E-state index in [1.807, 2.05) is 31.7 Å². The highest BCUT2D eigenvalue weighted by Crippen LogP contribution is 2.31. The number of hydrogen-bond acceptors (Lipinski definition) is 7. The van der Waals surface area contributed by atoms with Gasteiger partial charge in [-0.2, -0.15) is 0 Å². The van der Waals surface area contributed by atoms with Gasteiger partial charge in [0.05, 0.1) is 5.60 Å². The molecule has 1 atom stereocenters. The van der Waals surface area contributed by atoms with Gasteiger partial charge in [0, 0.05) is 37.9 Å². The van der Waals surface area contributed by atoms with Gasteiger partial charge in [0.25, 0.3) is 0 Å². The lowest BCUT2D eigenvalue weighted by Crippen LogP contribution is -2.36. The van der Waals surface area contributed by atoms with Gasteiger partial charge in [-0.05, 0) is 60.5 Å². The number of hydrogen-bond donors (Lipinski definition) is 3. The molecule has 3 rings (SSSR count). The molecule has 1 saturated carbocycles. The van der Waals surface area contributed by atoms with Crippen LogP contribution in [-0.2, 0) is 10.8 Å². The molecule has 3 N–H and O–H groups in total. The Morgan fingerprint density at radius 1 is 0.806 bits per heavy atom. The van der Waals surface area contributed by atoms with Gasteiger partial charge < -0.3 is 15.7 Å². The Morgan fingerprint density at radius 2 is 1.32 bits per heavy atom. The lowest BCUT2D eigenvalue weighted by Gasteiger charge is -2.30. The van der Waals surface area contributed by atoms with Crippen molar-refractivity contribution in [3.63, 3.8) is 0 Å². The third-order valence-electron chi connectivity index (χ3n) is 6.11. The first kappa shape index (κ1) is 23.4. The number of nitrogens with zero attached hydrogens (tertiary/aromatic N) is 4. The number of anilines is 2. The zero-order chi connectivity index (χ0) is 22.7. The average Bonchev–Trinajstić information content (AvgIpc) is 3.54. The molecule has 0 spiro atoms. The summed E-state index contributed by atoms with van der Waals surface area (Å²) in [5.41, 5.74) is 1.17. The first-order valence-electron chi connectivity index (χ1n) is 11.3. The van der Waals surface area contributed by atoms with Crippen molar-refractivity contribution in [1.82, 2.24) is 19.9 Å². The average molecular weight is 427 g/mol. The van der Waals surface area contributed by atoms with E-state index in [0.29, 0.717) is 24.9 Å². The maximum absolute atomic E-state index is 10.9. The summed E-state index contributed by atoms with van der Waals surface area (Å²) in [7, 11) is 0. The van der Waals surface area contributed by atoms with E-state index in [0.717, 1.165) is 30.0 Å². The minimum absolute atomic E-state index is 0.0187. The molecule has 0 aromatic carbocycles. The van der Waals surface area contributed by atoms with Crippen molar-refractivity contribution in [2.24, 2.45) is 5.92 Å². The van der Waals surface area contributed by atoms with E-state index < -0.39 is 5.60 Å². The van der Waals surface area contributed by atoms with Crippen LogP contribution in [-0.4, -0.2) is 43.7 Å². The van der Waals surface area contributed by atoms with E-state index in [1.165, 1.54) is 12.8 Å². The number of rotatable bonds is 10. The Labute approximate surface area is 186 Å². The Kier molecular flexibility index (Phi) is 6.84. The highest BCUT2D eigenvalue weighted by molar-refractivity contribution is 5.29. The molecule has 1 aliphatic carbocycles. The maximum Gasteiger partial charge on any atom is 0.222 e. The van der Waals surface area contributed by atoms with Crippen molar-refractivity contribution in [3.8, 4) is 0 Å².